The zero-order valence-corrected chi connectivity index (χ0v) is 13.5. The van der Waals surface area contributed by atoms with Crippen LogP contribution in [-0.2, 0) is 0 Å². The Labute approximate surface area is 136 Å². The zero-order valence-electron chi connectivity index (χ0n) is 11.2. The first kappa shape index (κ1) is 14.7. The third-order valence-electron chi connectivity index (χ3n) is 3.34. The minimum Gasteiger partial charge on any atom is -0.490 e. The van der Waals surface area contributed by atoms with Crippen LogP contribution in [0.1, 0.15) is 23.7 Å². The molecule has 1 unspecified atom stereocenters. The lowest BCUT2D eigenvalue weighted by atomic mass is 10.0. The predicted molar refractivity (Wildman–Crippen MR) is 85.3 cm³/mol. The lowest BCUT2D eigenvalue weighted by molar-refractivity contribution is 0.218. The van der Waals surface area contributed by atoms with Crippen LogP contribution in [0.5, 0.6) is 11.5 Å². The van der Waals surface area contributed by atoms with Crippen LogP contribution in [0.3, 0.4) is 0 Å². The van der Waals surface area contributed by atoms with Gasteiger partial charge in [0.05, 0.1) is 13.2 Å². The maximum atomic E-state index is 10.6. The van der Waals surface area contributed by atoms with E-state index in [0.29, 0.717) is 29.7 Å². The van der Waals surface area contributed by atoms with Crippen molar-refractivity contribution in [3.63, 3.8) is 0 Å². The Kier molecular flexibility index (Phi) is 4.38. The molecule has 5 heteroatoms. The molecule has 1 N–H and O–H groups in total. The lowest BCUT2D eigenvalue weighted by Crippen LogP contribution is -2.02. The molecule has 0 saturated carbocycles. The first-order valence-corrected chi connectivity index (χ1v) is 7.85. The van der Waals surface area contributed by atoms with Crippen molar-refractivity contribution >= 4 is 27.5 Å². The summed E-state index contributed by atoms with van der Waals surface area (Å²) in [5, 5.41) is 11.2. The molecule has 1 aliphatic rings. The van der Waals surface area contributed by atoms with Crippen LogP contribution in [0.25, 0.3) is 0 Å². The summed E-state index contributed by atoms with van der Waals surface area (Å²) in [6.45, 7) is 1.27. The molecule has 1 heterocycles. The van der Waals surface area contributed by atoms with Gasteiger partial charge in [0.25, 0.3) is 0 Å². The Morgan fingerprint density at radius 3 is 2.62 bits per heavy atom. The van der Waals surface area contributed by atoms with Gasteiger partial charge in [0, 0.05) is 21.5 Å². The second-order valence-corrected chi connectivity index (χ2v) is 6.12. The predicted octanol–water partition coefficient (Wildman–Crippen LogP) is 4.35. The number of aliphatic hydroxyl groups excluding tert-OH is 1. The Morgan fingerprint density at radius 1 is 1.05 bits per heavy atom. The number of hydrogen-bond donors (Lipinski definition) is 1. The second-order valence-electron chi connectivity index (χ2n) is 4.83. The summed E-state index contributed by atoms with van der Waals surface area (Å²) in [4.78, 5) is 0. The standard InChI is InChI=1S/C16H14BrClO3/c17-13-4-3-11(18)9-12(13)16(19)10-2-5-14-15(8-10)21-7-1-6-20-14/h2-5,8-9,16,19H,1,6-7H2. The molecule has 0 bridgehead atoms. The summed E-state index contributed by atoms with van der Waals surface area (Å²) in [6.07, 6.45) is 0.0714. The molecule has 0 aliphatic carbocycles. The van der Waals surface area contributed by atoms with Gasteiger partial charge in [0.2, 0.25) is 0 Å². The number of rotatable bonds is 2. The van der Waals surface area contributed by atoms with Gasteiger partial charge in [-0.2, -0.15) is 0 Å². The van der Waals surface area contributed by atoms with Gasteiger partial charge in [0.1, 0.15) is 6.10 Å². The van der Waals surface area contributed by atoms with Crippen LogP contribution in [0.4, 0.5) is 0 Å². The number of aliphatic hydroxyl groups is 1. The molecule has 2 aromatic rings. The average molecular weight is 370 g/mol. The van der Waals surface area contributed by atoms with Crippen LogP contribution in [0, 0.1) is 0 Å². The zero-order chi connectivity index (χ0) is 14.8. The monoisotopic (exact) mass is 368 g/mol. The molecule has 1 atom stereocenters. The molecule has 110 valence electrons. The molecule has 0 aromatic heterocycles. The number of hydrogen-bond acceptors (Lipinski definition) is 3. The second kappa shape index (κ2) is 6.26. The molecular weight excluding hydrogens is 356 g/mol. The molecule has 0 radical (unpaired) electrons. The summed E-state index contributed by atoms with van der Waals surface area (Å²) in [5.41, 5.74) is 1.46. The van der Waals surface area contributed by atoms with Gasteiger partial charge in [-0.1, -0.05) is 33.6 Å². The summed E-state index contributed by atoms with van der Waals surface area (Å²) in [7, 11) is 0. The smallest absolute Gasteiger partial charge is 0.161 e. The molecule has 2 aromatic carbocycles. The van der Waals surface area contributed by atoms with Crippen molar-refractivity contribution in [1.29, 1.82) is 0 Å². The molecule has 0 fully saturated rings. The Balaban J connectivity index is 1.96. The highest BCUT2D eigenvalue weighted by Crippen LogP contribution is 2.36. The largest absolute Gasteiger partial charge is 0.490 e. The molecule has 0 spiro atoms. The van der Waals surface area contributed by atoms with Crippen LogP contribution in [0.15, 0.2) is 40.9 Å². The molecule has 1 aliphatic heterocycles. The van der Waals surface area contributed by atoms with Gasteiger partial charge in [-0.15, -0.1) is 0 Å². The minimum absolute atomic E-state index is 0.585. The van der Waals surface area contributed by atoms with E-state index < -0.39 is 6.10 Å². The molecular formula is C16H14BrClO3. The number of ether oxygens (including phenoxy) is 2. The molecule has 3 nitrogen and oxygen atoms in total. The van der Waals surface area contributed by atoms with E-state index in [0.717, 1.165) is 22.0 Å². The van der Waals surface area contributed by atoms with E-state index in [-0.39, 0.29) is 0 Å². The van der Waals surface area contributed by atoms with Crippen molar-refractivity contribution in [1.82, 2.24) is 0 Å². The van der Waals surface area contributed by atoms with Gasteiger partial charge in [-0.05, 0) is 35.9 Å². The first-order valence-electron chi connectivity index (χ1n) is 6.68. The Bertz CT molecular complexity index is 660. The molecule has 3 rings (SSSR count). The highest BCUT2D eigenvalue weighted by molar-refractivity contribution is 9.10. The lowest BCUT2D eigenvalue weighted by Gasteiger charge is -2.16. The third-order valence-corrected chi connectivity index (χ3v) is 4.30. The van der Waals surface area contributed by atoms with Crippen LogP contribution in [0.2, 0.25) is 5.02 Å². The first-order chi connectivity index (χ1) is 10.1. The normalized spacial score (nSPS) is 15.4. The van der Waals surface area contributed by atoms with E-state index in [1.807, 2.05) is 24.3 Å². The summed E-state index contributed by atoms with van der Waals surface area (Å²) < 4.78 is 12.1. The van der Waals surface area contributed by atoms with E-state index >= 15 is 0 Å². The summed E-state index contributed by atoms with van der Waals surface area (Å²) in [6, 6.07) is 10.8. The van der Waals surface area contributed by atoms with Crippen LogP contribution < -0.4 is 9.47 Å². The van der Waals surface area contributed by atoms with E-state index in [1.165, 1.54) is 0 Å². The van der Waals surface area contributed by atoms with Gasteiger partial charge < -0.3 is 14.6 Å². The highest BCUT2D eigenvalue weighted by atomic mass is 79.9. The maximum absolute atomic E-state index is 10.6. The molecule has 21 heavy (non-hydrogen) atoms. The summed E-state index contributed by atoms with van der Waals surface area (Å²) >= 11 is 9.45. The van der Waals surface area contributed by atoms with Crippen molar-refractivity contribution in [3.8, 4) is 11.5 Å². The minimum atomic E-state index is -0.782. The fourth-order valence-electron chi connectivity index (χ4n) is 2.25. The molecule has 0 saturated heterocycles. The van der Waals surface area contributed by atoms with E-state index in [4.69, 9.17) is 21.1 Å². The van der Waals surface area contributed by atoms with Crippen molar-refractivity contribution in [2.75, 3.05) is 13.2 Å². The van der Waals surface area contributed by atoms with Crippen molar-refractivity contribution in [2.24, 2.45) is 0 Å². The maximum Gasteiger partial charge on any atom is 0.161 e. The third kappa shape index (κ3) is 3.18. The number of halogens is 2. The van der Waals surface area contributed by atoms with Crippen LogP contribution in [-0.4, -0.2) is 18.3 Å². The average Bonchev–Trinajstić information content (AvgIpc) is 2.73. The Morgan fingerprint density at radius 2 is 1.81 bits per heavy atom. The van der Waals surface area contributed by atoms with Crippen LogP contribution >= 0.6 is 27.5 Å². The fourth-order valence-corrected chi connectivity index (χ4v) is 2.90. The fraction of sp³-hybridized carbons (Fsp3) is 0.250. The van der Waals surface area contributed by atoms with Crippen molar-refractivity contribution in [3.05, 3.63) is 57.0 Å². The van der Waals surface area contributed by atoms with Crippen molar-refractivity contribution in [2.45, 2.75) is 12.5 Å². The van der Waals surface area contributed by atoms with Crippen molar-refractivity contribution < 1.29 is 14.6 Å². The number of benzene rings is 2. The quantitative estimate of drug-likeness (QED) is 0.855. The van der Waals surface area contributed by atoms with Gasteiger partial charge in [0.15, 0.2) is 11.5 Å². The van der Waals surface area contributed by atoms with Gasteiger partial charge >= 0.3 is 0 Å². The molecule has 0 amide bonds. The van der Waals surface area contributed by atoms with Gasteiger partial charge in [-0.25, -0.2) is 0 Å². The van der Waals surface area contributed by atoms with E-state index in [9.17, 15) is 5.11 Å². The SMILES string of the molecule is OC(c1ccc2c(c1)OCCCO2)c1cc(Cl)ccc1Br. The number of fused-ring (bicyclic) bond motifs is 1. The Hall–Kier alpha value is -1.23. The topological polar surface area (TPSA) is 38.7 Å². The van der Waals surface area contributed by atoms with Gasteiger partial charge in [-0.3, -0.25) is 0 Å². The van der Waals surface area contributed by atoms with E-state index in [2.05, 4.69) is 15.9 Å². The van der Waals surface area contributed by atoms with E-state index in [1.54, 1.807) is 12.1 Å². The summed E-state index contributed by atoms with van der Waals surface area (Å²) in [5.74, 6) is 1.39. The highest BCUT2D eigenvalue weighted by Gasteiger charge is 2.18.